The summed E-state index contributed by atoms with van der Waals surface area (Å²) in [5, 5.41) is 7.95. The average Bonchev–Trinajstić information content (AvgIpc) is 3.77. The molecule has 0 spiro atoms. The van der Waals surface area contributed by atoms with Crippen LogP contribution >= 0.6 is 0 Å². The number of hydrogen-bond donors (Lipinski definition) is 0. The van der Waals surface area contributed by atoms with Crippen molar-refractivity contribution in [1.82, 2.24) is 9.05 Å². The third-order valence-corrected chi connectivity index (χ3v) is 15.3. The van der Waals surface area contributed by atoms with E-state index in [4.69, 9.17) is 0 Å². The Morgan fingerprint density at radius 2 is 1.00 bits per heavy atom. The second-order valence-corrected chi connectivity index (χ2v) is 24.0. The second-order valence-electron chi connectivity index (χ2n) is 24.0. The van der Waals surface area contributed by atoms with Crippen LogP contribution in [0.5, 0.6) is 0 Å². The molecule has 3 heteroatoms. The minimum absolute atomic E-state index is 0.0155. The van der Waals surface area contributed by atoms with E-state index in [1.807, 2.05) is 0 Å². The van der Waals surface area contributed by atoms with Gasteiger partial charge < -0.3 is 9.05 Å². The number of aromatic nitrogens is 2. The maximum atomic E-state index is 2.76. The lowest BCUT2D eigenvalue weighted by molar-refractivity contribution is 0.569. The molecular formula is C63H61BN2. The van der Waals surface area contributed by atoms with Gasteiger partial charge in [-0.2, -0.15) is 0 Å². The van der Waals surface area contributed by atoms with Gasteiger partial charge in [-0.25, -0.2) is 0 Å². The van der Waals surface area contributed by atoms with E-state index >= 15 is 0 Å². The summed E-state index contributed by atoms with van der Waals surface area (Å²) in [6, 6.07) is 52.6. The fraction of sp³-hybridized carbons (Fsp3) is 0.270. The molecule has 12 rings (SSSR count). The first-order valence-electron chi connectivity index (χ1n) is 24.2. The molecule has 0 saturated carbocycles. The summed E-state index contributed by atoms with van der Waals surface area (Å²) < 4.78 is 5.44. The predicted octanol–water partition coefficient (Wildman–Crippen LogP) is 15.8. The van der Waals surface area contributed by atoms with Crippen molar-refractivity contribution in [3.05, 3.63) is 161 Å². The molecule has 0 amide bonds. The Balaban J connectivity index is 1.32. The van der Waals surface area contributed by atoms with Crippen LogP contribution in [0.4, 0.5) is 0 Å². The van der Waals surface area contributed by atoms with Gasteiger partial charge in [-0.15, -0.1) is 0 Å². The van der Waals surface area contributed by atoms with Crippen molar-refractivity contribution >= 4 is 72.2 Å². The van der Waals surface area contributed by atoms with E-state index in [9.17, 15) is 0 Å². The number of benzene rings is 8. The molecule has 0 saturated heterocycles. The molecule has 2 aromatic heterocycles. The van der Waals surface area contributed by atoms with Crippen molar-refractivity contribution in [1.29, 1.82) is 0 Å². The standard InChI is InChI=1S/C63H61BN2/c1-36-25-51-56-45-22-18-17-21-44(45)46(37-19-15-14-16-20-37)35-54(56)65-55-30-39(38-27-41(61(5,6)7)31-42(28-38)62(8,9)10)29-48-50-34-43(63(11,12)13)33-49-47-32-40(60(2,3)4)23-24-53(47)66(58(49)50)64(57(48)55)52(26-36)59(51)65/h14-35H,1-13H3. The Morgan fingerprint density at radius 1 is 0.394 bits per heavy atom. The van der Waals surface area contributed by atoms with E-state index in [-0.39, 0.29) is 28.5 Å². The highest BCUT2D eigenvalue weighted by molar-refractivity contribution is 6.90. The minimum Gasteiger partial charge on any atom is -0.375 e. The van der Waals surface area contributed by atoms with E-state index in [1.165, 1.54) is 132 Å². The van der Waals surface area contributed by atoms with E-state index in [0.717, 1.165) is 0 Å². The van der Waals surface area contributed by atoms with Gasteiger partial charge >= 0.3 is 6.85 Å². The van der Waals surface area contributed by atoms with Gasteiger partial charge in [0.05, 0.1) is 11.0 Å². The van der Waals surface area contributed by atoms with E-state index in [1.54, 1.807) is 0 Å². The Hall–Kier alpha value is -6.32. The van der Waals surface area contributed by atoms with Gasteiger partial charge in [0.1, 0.15) is 0 Å². The third-order valence-electron chi connectivity index (χ3n) is 15.3. The molecular weight excluding hydrogens is 796 g/mol. The lowest BCUT2D eigenvalue weighted by Crippen LogP contribution is -2.55. The quantitative estimate of drug-likeness (QED) is 0.153. The topological polar surface area (TPSA) is 9.86 Å². The van der Waals surface area contributed by atoms with E-state index < -0.39 is 0 Å². The highest BCUT2D eigenvalue weighted by Crippen LogP contribution is 2.49. The number of nitrogens with zero attached hydrogens (tertiary/aromatic N) is 2. The van der Waals surface area contributed by atoms with Crippen LogP contribution in [0, 0.1) is 6.92 Å². The summed E-state index contributed by atoms with van der Waals surface area (Å²) in [5.74, 6) is 0. The lowest BCUT2D eigenvalue weighted by Gasteiger charge is -2.35. The Bertz CT molecular complexity index is 3700. The zero-order valence-corrected chi connectivity index (χ0v) is 41.2. The minimum atomic E-state index is -0.0562. The van der Waals surface area contributed by atoms with Gasteiger partial charge in [0.25, 0.3) is 0 Å². The molecule has 0 radical (unpaired) electrons. The molecule has 10 aromatic rings. The van der Waals surface area contributed by atoms with Crippen molar-refractivity contribution in [2.24, 2.45) is 0 Å². The average molecular weight is 857 g/mol. The van der Waals surface area contributed by atoms with Gasteiger partial charge in [-0.3, -0.25) is 0 Å². The molecule has 0 atom stereocenters. The summed E-state index contributed by atoms with van der Waals surface area (Å²) in [6.07, 6.45) is 0. The predicted molar refractivity (Wildman–Crippen MR) is 288 cm³/mol. The largest absolute Gasteiger partial charge is 0.375 e. The number of hydrogen-bond acceptors (Lipinski definition) is 0. The van der Waals surface area contributed by atoms with Crippen molar-refractivity contribution in [3.63, 3.8) is 0 Å². The summed E-state index contributed by atoms with van der Waals surface area (Å²) >= 11 is 0. The first-order valence-corrected chi connectivity index (χ1v) is 24.2. The smallest absolute Gasteiger partial charge is 0.333 e. The highest BCUT2D eigenvalue weighted by atomic mass is 15.0. The van der Waals surface area contributed by atoms with Crippen LogP contribution < -0.4 is 10.9 Å². The molecule has 2 aliphatic heterocycles. The molecule has 0 N–H and O–H groups in total. The van der Waals surface area contributed by atoms with Gasteiger partial charge in [0.15, 0.2) is 0 Å². The van der Waals surface area contributed by atoms with Gasteiger partial charge in [0.2, 0.25) is 0 Å². The van der Waals surface area contributed by atoms with Crippen molar-refractivity contribution in [3.8, 4) is 39.1 Å². The van der Waals surface area contributed by atoms with Crippen molar-refractivity contribution < 1.29 is 0 Å². The summed E-state index contributed by atoms with van der Waals surface area (Å²) in [4.78, 5) is 0. The maximum Gasteiger partial charge on any atom is 0.333 e. The number of rotatable bonds is 2. The highest BCUT2D eigenvalue weighted by Gasteiger charge is 2.43. The van der Waals surface area contributed by atoms with Crippen molar-refractivity contribution in [2.45, 2.75) is 112 Å². The fourth-order valence-corrected chi connectivity index (χ4v) is 11.6. The zero-order valence-electron chi connectivity index (χ0n) is 41.2. The Kier molecular flexibility index (Phi) is 8.36. The molecule has 4 heterocycles. The number of fused-ring (bicyclic) bond motifs is 12. The van der Waals surface area contributed by atoms with Gasteiger partial charge in [0, 0.05) is 43.8 Å². The van der Waals surface area contributed by atoms with Gasteiger partial charge in [-0.05, 0) is 149 Å². The van der Waals surface area contributed by atoms with Crippen LogP contribution in [0.15, 0.2) is 133 Å². The molecule has 0 fully saturated rings. The molecule has 2 nitrogen and oxygen atoms in total. The summed E-state index contributed by atoms with van der Waals surface area (Å²) in [7, 11) is 0. The molecule has 326 valence electrons. The number of aryl methyl sites for hydroxylation is 1. The van der Waals surface area contributed by atoms with Crippen LogP contribution in [-0.2, 0) is 21.7 Å². The normalized spacial score (nSPS) is 13.8. The van der Waals surface area contributed by atoms with Crippen molar-refractivity contribution in [2.75, 3.05) is 0 Å². The monoisotopic (exact) mass is 856 g/mol. The molecule has 8 aromatic carbocycles. The molecule has 0 unspecified atom stereocenters. The second kappa shape index (κ2) is 13.4. The third kappa shape index (κ3) is 5.87. The zero-order chi connectivity index (χ0) is 46.1. The van der Waals surface area contributed by atoms with Crippen LogP contribution in [0.3, 0.4) is 0 Å². The first-order chi connectivity index (χ1) is 31.2. The molecule has 2 aliphatic rings. The van der Waals surface area contributed by atoms with Crippen LogP contribution in [-0.4, -0.2) is 15.9 Å². The first kappa shape index (κ1) is 41.1. The Morgan fingerprint density at radius 3 is 1.67 bits per heavy atom. The van der Waals surface area contributed by atoms with Gasteiger partial charge in [-0.1, -0.05) is 174 Å². The fourth-order valence-electron chi connectivity index (χ4n) is 11.6. The summed E-state index contributed by atoms with van der Waals surface area (Å²) in [5.41, 5.74) is 23.7. The SMILES string of the molecule is Cc1cc2c3c(c1)c1c4ccccc4c(-c4ccccc4)cc1n3-c1cc(-c3cc(C(C)(C)C)cc(C(C)(C)C)c3)cc3c1B2n1c2ccc(C(C)(C)C)cc2c2cc(C(C)(C)C)cc-3c21. The van der Waals surface area contributed by atoms with E-state index in [2.05, 4.69) is 233 Å². The van der Waals surface area contributed by atoms with Crippen LogP contribution in [0.2, 0.25) is 0 Å². The van der Waals surface area contributed by atoms with Crippen LogP contribution in [0.25, 0.3) is 93.5 Å². The molecule has 66 heavy (non-hydrogen) atoms. The molecule has 0 aliphatic carbocycles. The lowest BCUT2D eigenvalue weighted by atomic mass is 9.45. The maximum absolute atomic E-state index is 2.76. The van der Waals surface area contributed by atoms with E-state index in [0.29, 0.717) is 0 Å². The molecule has 0 bridgehead atoms. The van der Waals surface area contributed by atoms with Crippen LogP contribution in [0.1, 0.15) is 111 Å². The summed E-state index contributed by atoms with van der Waals surface area (Å²) in [6.45, 7) is 30.6. The Labute approximate surface area is 391 Å².